The quantitative estimate of drug-likeness (QED) is 0.332. The molecule has 4 aromatic rings. The molecule has 1 amide bonds. The zero-order valence-electron chi connectivity index (χ0n) is 20.6. The zero-order chi connectivity index (χ0) is 26.5. The number of nitrogens with zero attached hydrogens (tertiary/aromatic N) is 5. The van der Waals surface area contributed by atoms with Gasteiger partial charge in [-0.2, -0.15) is 10.1 Å². The average Bonchev–Trinajstić information content (AvgIpc) is 3.28. The lowest BCUT2D eigenvalue weighted by atomic mass is 10.1. The van der Waals surface area contributed by atoms with E-state index in [4.69, 9.17) is 16.3 Å². The number of rotatable bonds is 8. The second-order valence-corrected chi connectivity index (χ2v) is 13.0. The summed E-state index contributed by atoms with van der Waals surface area (Å²) in [6.07, 6.45) is 5.12. The summed E-state index contributed by atoms with van der Waals surface area (Å²) in [5.41, 5.74) is 1.37. The molecule has 0 saturated heterocycles. The molecule has 14 heteroatoms. The van der Waals surface area contributed by atoms with E-state index in [2.05, 4.69) is 25.1 Å². The molecule has 3 heterocycles. The van der Waals surface area contributed by atoms with Crippen molar-refractivity contribution >= 4 is 54.3 Å². The van der Waals surface area contributed by atoms with Crippen LogP contribution in [-0.2, 0) is 21.9 Å². The minimum absolute atomic E-state index is 0.00652. The van der Waals surface area contributed by atoms with Gasteiger partial charge in [-0.1, -0.05) is 22.9 Å². The van der Waals surface area contributed by atoms with Gasteiger partial charge in [-0.3, -0.25) is 9.36 Å². The van der Waals surface area contributed by atoms with Crippen LogP contribution in [0.2, 0.25) is 5.02 Å². The number of nitrogens with one attached hydrogen (secondary N) is 2. The molecule has 0 bridgehead atoms. The highest BCUT2D eigenvalue weighted by Crippen LogP contribution is 2.37. The summed E-state index contributed by atoms with van der Waals surface area (Å²) in [6.45, 7) is 5.27. The fourth-order valence-electron chi connectivity index (χ4n) is 3.77. The number of sulfonamides is 1. The lowest BCUT2D eigenvalue weighted by Crippen LogP contribution is -2.42. The first kappa shape index (κ1) is 25.6. The number of benzene rings is 1. The van der Waals surface area contributed by atoms with Gasteiger partial charge in [0.25, 0.3) is 0 Å². The fourth-order valence-corrected chi connectivity index (χ4v) is 6.30. The molecule has 1 aliphatic rings. The van der Waals surface area contributed by atoms with Gasteiger partial charge in [-0.15, -0.1) is 0 Å². The highest BCUT2D eigenvalue weighted by molar-refractivity contribution is 7.89. The van der Waals surface area contributed by atoms with Crippen LogP contribution >= 0.6 is 22.9 Å². The third-order valence-corrected chi connectivity index (χ3v) is 8.09. The maximum absolute atomic E-state index is 12.2. The van der Waals surface area contributed by atoms with Crippen molar-refractivity contribution in [1.82, 2.24) is 29.0 Å². The Kier molecular flexibility index (Phi) is 6.51. The van der Waals surface area contributed by atoms with Crippen molar-refractivity contribution < 1.29 is 17.9 Å². The summed E-state index contributed by atoms with van der Waals surface area (Å²) < 4.78 is 36.8. The number of imidazole rings is 1. The summed E-state index contributed by atoms with van der Waals surface area (Å²) in [7, 11) is -1.85. The van der Waals surface area contributed by atoms with Gasteiger partial charge in [0.15, 0.2) is 16.6 Å². The van der Waals surface area contributed by atoms with Crippen LogP contribution in [0.5, 0.6) is 5.75 Å². The first-order chi connectivity index (χ1) is 17.4. The molecule has 0 unspecified atom stereocenters. The van der Waals surface area contributed by atoms with E-state index in [1.807, 2.05) is 0 Å². The van der Waals surface area contributed by atoms with Gasteiger partial charge < -0.3 is 10.1 Å². The summed E-state index contributed by atoms with van der Waals surface area (Å²) in [4.78, 5) is 21.0. The maximum Gasteiger partial charge on any atom is 0.247 e. The first-order valence-electron chi connectivity index (χ1n) is 11.5. The molecule has 1 fully saturated rings. The number of aromatic nitrogens is 5. The number of ether oxygens (including phenoxy) is 1. The summed E-state index contributed by atoms with van der Waals surface area (Å²) in [5, 5.41) is 8.39. The first-order valence-corrected chi connectivity index (χ1v) is 14.4. The summed E-state index contributed by atoms with van der Waals surface area (Å²) in [6, 6.07) is 4.95. The van der Waals surface area contributed by atoms with Gasteiger partial charge >= 0.3 is 0 Å². The van der Waals surface area contributed by atoms with Crippen LogP contribution in [0.3, 0.4) is 0 Å². The molecule has 2 N–H and O–H groups in total. The molecule has 0 radical (unpaired) electrons. The van der Waals surface area contributed by atoms with Gasteiger partial charge in [0.1, 0.15) is 16.8 Å². The maximum atomic E-state index is 12.2. The van der Waals surface area contributed by atoms with Gasteiger partial charge in [0.05, 0.1) is 16.9 Å². The minimum atomic E-state index is -3.64. The molecule has 5 rings (SSSR count). The van der Waals surface area contributed by atoms with E-state index in [-0.39, 0.29) is 11.8 Å². The van der Waals surface area contributed by atoms with Crippen molar-refractivity contribution in [3.05, 3.63) is 35.7 Å². The number of halogens is 1. The Balaban J connectivity index is 1.40. The molecule has 0 atom stereocenters. The van der Waals surface area contributed by atoms with Crippen molar-refractivity contribution in [1.29, 1.82) is 0 Å². The molecule has 3 aromatic heterocycles. The van der Waals surface area contributed by atoms with E-state index in [1.54, 1.807) is 67.8 Å². The highest BCUT2D eigenvalue weighted by Gasteiger charge is 2.30. The Hall–Kier alpha value is -3.00. The standard InChI is InChI=1S/C23H26ClN7O4S2/c1-23(2,3)29-37(33,34)12-35-14-7-8-15(16(24)9-14)17-10-25-11-31(17)20-18-19(30(4)28-20)26-22(36-18)27-21(32)13-5-6-13/h7-11,13,29H,5-6,12H2,1-4H3,(H,26,27,32). The van der Waals surface area contributed by atoms with Crippen molar-refractivity contribution in [2.45, 2.75) is 39.2 Å². The molecular formula is C23H26ClN7O4S2. The van der Waals surface area contributed by atoms with E-state index >= 15 is 0 Å². The Labute approximate surface area is 222 Å². The molecule has 0 spiro atoms. The van der Waals surface area contributed by atoms with Gasteiger partial charge in [0, 0.05) is 24.1 Å². The van der Waals surface area contributed by atoms with E-state index in [0.717, 1.165) is 17.5 Å². The summed E-state index contributed by atoms with van der Waals surface area (Å²) in [5.74, 6) is 0.458. The van der Waals surface area contributed by atoms with Gasteiger partial charge in [-0.05, 0) is 51.8 Å². The summed E-state index contributed by atoms with van der Waals surface area (Å²) >= 11 is 7.94. The van der Waals surface area contributed by atoms with Crippen LogP contribution in [0.25, 0.3) is 27.4 Å². The molecule has 1 saturated carbocycles. The van der Waals surface area contributed by atoms with Crippen LogP contribution < -0.4 is 14.8 Å². The molecule has 0 aliphatic heterocycles. The van der Waals surface area contributed by atoms with Crippen LogP contribution in [0.4, 0.5) is 5.13 Å². The molecule has 11 nitrogen and oxygen atoms in total. The average molecular weight is 564 g/mol. The number of amides is 1. The number of anilines is 1. The Morgan fingerprint density at radius 3 is 2.73 bits per heavy atom. The van der Waals surface area contributed by atoms with Crippen molar-refractivity contribution in [3.8, 4) is 22.8 Å². The lowest BCUT2D eigenvalue weighted by molar-refractivity contribution is -0.117. The van der Waals surface area contributed by atoms with E-state index in [9.17, 15) is 13.2 Å². The number of carbonyl (C=O) groups excluding carboxylic acids is 1. The lowest BCUT2D eigenvalue weighted by Gasteiger charge is -2.20. The van der Waals surface area contributed by atoms with Gasteiger partial charge in [0.2, 0.25) is 21.9 Å². The Morgan fingerprint density at radius 1 is 1.30 bits per heavy atom. The van der Waals surface area contributed by atoms with Crippen LogP contribution in [0.15, 0.2) is 30.7 Å². The number of fused-ring (bicyclic) bond motifs is 1. The second kappa shape index (κ2) is 9.39. The molecule has 1 aliphatic carbocycles. The smallest absolute Gasteiger partial charge is 0.247 e. The van der Waals surface area contributed by atoms with Crippen molar-refractivity contribution in [3.63, 3.8) is 0 Å². The minimum Gasteiger partial charge on any atom is -0.476 e. The number of hydrogen-bond donors (Lipinski definition) is 2. The molecular weight excluding hydrogens is 538 g/mol. The number of hydrogen-bond acceptors (Lipinski definition) is 8. The Bertz CT molecular complexity index is 1600. The van der Waals surface area contributed by atoms with E-state index < -0.39 is 21.5 Å². The number of aryl methyl sites for hydroxylation is 1. The van der Waals surface area contributed by atoms with Crippen LogP contribution in [-0.4, -0.2) is 50.1 Å². The molecule has 196 valence electrons. The van der Waals surface area contributed by atoms with Gasteiger partial charge in [-0.25, -0.2) is 22.8 Å². The monoisotopic (exact) mass is 563 g/mol. The predicted octanol–water partition coefficient (Wildman–Crippen LogP) is 3.94. The normalized spacial score (nSPS) is 14.3. The SMILES string of the molecule is Cn1nc(-n2cncc2-c2ccc(OCS(=O)(=O)NC(C)(C)C)cc2Cl)c2sc(NC(=O)C3CC3)nc21. The largest absolute Gasteiger partial charge is 0.476 e. The topological polar surface area (TPSA) is 133 Å². The third kappa shape index (κ3) is 5.64. The van der Waals surface area contributed by atoms with E-state index in [0.29, 0.717) is 38.6 Å². The zero-order valence-corrected chi connectivity index (χ0v) is 23.0. The molecule has 1 aromatic carbocycles. The predicted molar refractivity (Wildman–Crippen MR) is 143 cm³/mol. The van der Waals surface area contributed by atoms with Crippen LogP contribution in [0, 0.1) is 5.92 Å². The van der Waals surface area contributed by atoms with E-state index in [1.165, 1.54) is 11.3 Å². The fraction of sp³-hybridized carbons (Fsp3) is 0.391. The number of carbonyl (C=O) groups is 1. The highest BCUT2D eigenvalue weighted by atomic mass is 35.5. The number of thiazole rings is 1. The Morgan fingerprint density at radius 2 is 2.05 bits per heavy atom. The van der Waals surface area contributed by atoms with Crippen LogP contribution in [0.1, 0.15) is 33.6 Å². The third-order valence-electron chi connectivity index (χ3n) is 5.47. The second-order valence-electron chi connectivity index (χ2n) is 9.90. The van der Waals surface area contributed by atoms with Crippen molar-refractivity contribution in [2.75, 3.05) is 11.3 Å². The molecule has 37 heavy (non-hydrogen) atoms. The van der Waals surface area contributed by atoms with Crippen molar-refractivity contribution in [2.24, 2.45) is 13.0 Å².